The van der Waals surface area contributed by atoms with Gasteiger partial charge in [-0.2, -0.15) is 0 Å². The fourth-order valence-electron chi connectivity index (χ4n) is 3.48. The normalized spacial score (nSPS) is 14.2. The van der Waals surface area contributed by atoms with Gasteiger partial charge in [0.15, 0.2) is 0 Å². The van der Waals surface area contributed by atoms with Crippen molar-refractivity contribution in [3.63, 3.8) is 0 Å². The van der Waals surface area contributed by atoms with E-state index in [1.807, 2.05) is 47.4 Å². The lowest BCUT2D eigenvalue weighted by Gasteiger charge is -2.26. The van der Waals surface area contributed by atoms with Crippen LogP contribution in [0, 0.1) is 0 Å². The number of imidazole rings is 1. The number of hydrogen-bond acceptors (Lipinski definition) is 4. The predicted octanol–water partition coefficient (Wildman–Crippen LogP) is 2.78. The zero-order valence-electron chi connectivity index (χ0n) is 16.4. The van der Waals surface area contributed by atoms with Gasteiger partial charge in [-0.05, 0) is 42.3 Å². The molecule has 2 aromatic carbocycles. The molecule has 0 aliphatic carbocycles. The van der Waals surface area contributed by atoms with Gasteiger partial charge in [0.05, 0.1) is 24.2 Å². The van der Waals surface area contributed by atoms with Gasteiger partial charge >= 0.3 is 0 Å². The highest BCUT2D eigenvalue weighted by atomic mass is 16.5. The van der Waals surface area contributed by atoms with Gasteiger partial charge in [0, 0.05) is 37.7 Å². The molecule has 0 bridgehead atoms. The molecule has 7 heteroatoms. The number of benzene rings is 2. The first kappa shape index (κ1) is 19.1. The van der Waals surface area contributed by atoms with Crippen molar-refractivity contribution in [3.05, 3.63) is 59.4 Å². The smallest absolute Gasteiger partial charge is 0.254 e. The van der Waals surface area contributed by atoms with Crippen LogP contribution in [0.25, 0.3) is 11.0 Å². The summed E-state index contributed by atoms with van der Waals surface area (Å²) in [6.45, 7) is 3.94. The zero-order chi connectivity index (χ0) is 20.2. The van der Waals surface area contributed by atoms with Crippen LogP contribution in [0.5, 0.6) is 0 Å². The summed E-state index contributed by atoms with van der Waals surface area (Å²) >= 11 is 0. The van der Waals surface area contributed by atoms with Crippen LogP contribution in [0.1, 0.15) is 28.7 Å². The lowest BCUT2D eigenvalue weighted by atomic mass is 10.1. The molecule has 150 valence electrons. The fraction of sp³-hybridized carbons (Fsp3) is 0.318. The Bertz CT molecular complexity index is 1020. The van der Waals surface area contributed by atoms with E-state index >= 15 is 0 Å². The van der Waals surface area contributed by atoms with Crippen LogP contribution in [0.3, 0.4) is 0 Å². The van der Waals surface area contributed by atoms with Gasteiger partial charge < -0.3 is 19.9 Å². The molecule has 0 atom stereocenters. The molecule has 1 saturated heterocycles. The Kier molecular flexibility index (Phi) is 5.57. The predicted molar refractivity (Wildman–Crippen MR) is 111 cm³/mol. The molecule has 7 nitrogen and oxygen atoms in total. The van der Waals surface area contributed by atoms with Crippen molar-refractivity contribution in [2.45, 2.75) is 19.8 Å². The Morgan fingerprint density at radius 1 is 1.10 bits per heavy atom. The number of nitrogens with zero attached hydrogens (tertiary/aromatic N) is 2. The summed E-state index contributed by atoms with van der Waals surface area (Å²) in [4.78, 5) is 33.6. The number of morpholine rings is 1. The van der Waals surface area contributed by atoms with E-state index in [1.165, 1.54) is 12.5 Å². The maximum absolute atomic E-state index is 12.7. The lowest BCUT2D eigenvalue weighted by Crippen LogP contribution is -2.40. The van der Waals surface area contributed by atoms with Gasteiger partial charge in [0.2, 0.25) is 5.91 Å². The number of H-pyrrole nitrogens is 1. The molecule has 2 amide bonds. The van der Waals surface area contributed by atoms with Gasteiger partial charge in [0.1, 0.15) is 5.82 Å². The number of anilines is 1. The van der Waals surface area contributed by atoms with Gasteiger partial charge in [-0.3, -0.25) is 9.59 Å². The van der Waals surface area contributed by atoms with Crippen molar-refractivity contribution < 1.29 is 14.3 Å². The summed E-state index contributed by atoms with van der Waals surface area (Å²) < 4.78 is 5.32. The van der Waals surface area contributed by atoms with E-state index in [4.69, 9.17) is 4.74 Å². The largest absolute Gasteiger partial charge is 0.378 e. The minimum Gasteiger partial charge on any atom is -0.378 e. The van der Waals surface area contributed by atoms with E-state index < -0.39 is 0 Å². The molecule has 4 rings (SSSR count). The number of carbonyl (C=O) groups excluding carboxylic acids is 2. The second-order valence-corrected chi connectivity index (χ2v) is 7.20. The standard InChI is InChI=1S/C22H24N4O3/c1-15(27)23-18-6-2-16(3-7-18)4-9-21-24-19-8-5-17(14-20(19)25-21)22(28)26-10-12-29-13-11-26/h2-3,5-8,14H,4,9-13H2,1H3,(H,23,27)(H,24,25). The molecule has 0 saturated carbocycles. The van der Waals surface area contributed by atoms with E-state index in [1.54, 1.807) is 0 Å². The molecule has 1 aliphatic rings. The van der Waals surface area contributed by atoms with Crippen LogP contribution in [0.2, 0.25) is 0 Å². The number of aryl methyl sites for hydroxylation is 2. The van der Waals surface area contributed by atoms with E-state index in [-0.39, 0.29) is 11.8 Å². The first-order chi connectivity index (χ1) is 14.1. The van der Waals surface area contributed by atoms with Gasteiger partial charge in [-0.1, -0.05) is 12.1 Å². The van der Waals surface area contributed by atoms with Gasteiger partial charge in [-0.15, -0.1) is 0 Å². The molecule has 2 heterocycles. The van der Waals surface area contributed by atoms with Crippen LogP contribution >= 0.6 is 0 Å². The van der Waals surface area contributed by atoms with E-state index in [9.17, 15) is 9.59 Å². The molecule has 1 fully saturated rings. The summed E-state index contributed by atoms with van der Waals surface area (Å²) in [6.07, 6.45) is 1.60. The number of fused-ring (bicyclic) bond motifs is 1. The summed E-state index contributed by atoms with van der Waals surface area (Å²) in [5, 5.41) is 2.77. The Hall–Kier alpha value is -3.19. The highest BCUT2D eigenvalue weighted by Crippen LogP contribution is 2.18. The quantitative estimate of drug-likeness (QED) is 0.699. The Balaban J connectivity index is 1.42. The molecule has 1 aliphatic heterocycles. The Morgan fingerprint density at radius 2 is 1.86 bits per heavy atom. The van der Waals surface area contributed by atoms with Gasteiger partial charge in [-0.25, -0.2) is 4.98 Å². The molecule has 0 spiro atoms. The Labute approximate surface area is 169 Å². The Morgan fingerprint density at radius 3 is 2.59 bits per heavy atom. The minimum atomic E-state index is -0.0773. The van der Waals surface area contributed by atoms with Crippen molar-refractivity contribution in [1.82, 2.24) is 14.9 Å². The fourth-order valence-corrected chi connectivity index (χ4v) is 3.48. The maximum atomic E-state index is 12.7. The first-order valence-electron chi connectivity index (χ1n) is 9.81. The number of carbonyl (C=O) groups is 2. The number of aromatic amines is 1. The zero-order valence-corrected chi connectivity index (χ0v) is 16.4. The summed E-state index contributed by atoms with van der Waals surface area (Å²) in [6, 6.07) is 13.4. The van der Waals surface area contributed by atoms with Crippen LogP contribution in [-0.4, -0.2) is 53.0 Å². The summed E-state index contributed by atoms with van der Waals surface area (Å²) in [5.74, 6) is 0.846. The summed E-state index contributed by atoms with van der Waals surface area (Å²) in [7, 11) is 0. The SMILES string of the molecule is CC(=O)Nc1ccc(CCc2nc3ccc(C(=O)N4CCOCC4)cc3[nH]2)cc1. The molecular weight excluding hydrogens is 368 g/mol. The third-order valence-corrected chi connectivity index (χ3v) is 5.00. The molecule has 3 aromatic rings. The monoisotopic (exact) mass is 392 g/mol. The third-order valence-electron chi connectivity index (χ3n) is 5.00. The topological polar surface area (TPSA) is 87.3 Å². The van der Waals surface area contributed by atoms with Crippen molar-refractivity contribution in [2.24, 2.45) is 0 Å². The van der Waals surface area contributed by atoms with Crippen molar-refractivity contribution in [2.75, 3.05) is 31.6 Å². The second-order valence-electron chi connectivity index (χ2n) is 7.20. The number of aromatic nitrogens is 2. The van der Waals surface area contributed by atoms with Crippen LogP contribution in [0.4, 0.5) is 5.69 Å². The van der Waals surface area contributed by atoms with Crippen LogP contribution < -0.4 is 5.32 Å². The molecule has 29 heavy (non-hydrogen) atoms. The molecule has 0 radical (unpaired) electrons. The highest BCUT2D eigenvalue weighted by molar-refractivity contribution is 5.97. The van der Waals surface area contributed by atoms with Gasteiger partial charge in [0.25, 0.3) is 5.91 Å². The van der Waals surface area contributed by atoms with Crippen LogP contribution in [0.15, 0.2) is 42.5 Å². The van der Waals surface area contributed by atoms with E-state index in [0.717, 1.165) is 35.4 Å². The number of hydrogen-bond donors (Lipinski definition) is 2. The maximum Gasteiger partial charge on any atom is 0.254 e. The van der Waals surface area contributed by atoms with Crippen LogP contribution in [-0.2, 0) is 22.4 Å². The average Bonchev–Trinajstić information content (AvgIpc) is 3.15. The number of ether oxygens (including phenoxy) is 1. The van der Waals surface area contributed by atoms with E-state index in [0.29, 0.717) is 31.9 Å². The second kappa shape index (κ2) is 8.45. The third kappa shape index (κ3) is 4.63. The number of amides is 2. The highest BCUT2D eigenvalue weighted by Gasteiger charge is 2.19. The molecule has 0 unspecified atom stereocenters. The van der Waals surface area contributed by atoms with Crippen molar-refractivity contribution >= 4 is 28.5 Å². The number of rotatable bonds is 5. The van der Waals surface area contributed by atoms with E-state index in [2.05, 4.69) is 15.3 Å². The number of nitrogens with one attached hydrogen (secondary N) is 2. The average molecular weight is 392 g/mol. The molecular formula is C22H24N4O3. The molecule has 2 N–H and O–H groups in total. The first-order valence-corrected chi connectivity index (χ1v) is 9.81. The van der Waals surface area contributed by atoms with Crippen molar-refractivity contribution in [3.8, 4) is 0 Å². The summed E-state index contributed by atoms with van der Waals surface area (Å²) in [5.41, 5.74) is 4.37. The van der Waals surface area contributed by atoms with Crippen molar-refractivity contribution in [1.29, 1.82) is 0 Å². The lowest BCUT2D eigenvalue weighted by molar-refractivity contribution is -0.114. The minimum absolute atomic E-state index is 0.0330. The molecule has 1 aromatic heterocycles.